The van der Waals surface area contributed by atoms with Gasteiger partial charge < -0.3 is 5.73 Å². The summed E-state index contributed by atoms with van der Waals surface area (Å²) in [5.41, 5.74) is 7.05. The fraction of sp³-hybridized carbons (Fsp3) is 0.0588. The van der Waals surface area contributed by atoms with Gasteiger partial charge in [0.05, 0.1) is 10.4 Å². The number of pyridine rings is 1. The minimum Gasteiger partial charge on any atom is -0.366 e. The molecule has 0 radical (unpaired) electrons. The maximum absolute atomic E-state index is 12.4. The van der Waals surface area contributed by atoms with Crippen molar-refractivity contribution in [3.63, 3.8) is 0 Å². The number of hydrogen-bond donors (Lipinski definition) is 2. The fourth-order valence-electron chi connectivity index (χ4n) is 2.36. The lowest BCUT2D eigenvalue weighted by atomic mass is 10.1. The maximum atomic E-state index is 12.4. The molecule has 0 bridgehead atoms. The first-order valence-electron chi connectivity index (χ1n) is 7.19. The van der Waals surface area contributed by atoms with Crippen molar-refractivity contribution in [2.75, 3.05) is 0 Å². The zero-order chi connectivity index (χ0) is 17.2. The van der Waals surface area contributed by atoms with E-state index >= 15 is 0 Å². The predicted molar refractivity (Wildman–Crippen MR) is 90.7 cm³/mol. The zero-order valence-corrected chi connectivity index (χ0v) is 13.5. The van der Waals surface area contributed by atoms with Gasteiger partial charge in [-0.1, -0.05) is 18.2 Å². The maximum Gasteiger partial charge on any atom is 0.248 e. The van der Waals surface area contributed by atoms with Crippen molar-refractivity contribution < 1.29 is 13.2 Å². The molecule has 6 nitrogen and oxygen atoms in total. The Labute approximate surface area is 139 Å². The molecule has 1 aromatic heterocycles. The van der Waals surface area contributed by atoms with Crippen LogP contribution in [0.5, 0.6) is 0 Å². The Morgan fingerprint density at radius 1 is 1.04 bits per heavy atom. The number of carbonyl (C=O) groups excluding carboxylic acids is 1. The Bertz CT molecular complexity index is 994. The summed E-state index contributed by atoms with van der Waals surface area (Å²) >= 11 is 0. The van der Waals surface area contributed by atoms with Gasteiger partial charge in [0.15, 0.2) is 0 Å². The molecule has 3 rings (SSSR count). The van der Waals surface area contributed by atoms with Gasteiger partial charge in [0.2, 0.25) is 15.9 Å². The average Bonchev–Trinajstić information content (AvgIpc) is 2.60. The number of nitrogens with two attached hydrogens (primary N) is 1. The second-order valence-corrected chi connectivity index (χ2v) is 6.97. The van der Waals surface area contributed by atoms with Crippen LogP contribution in [0.2, 0.25) is 0 Å². The standard InChI is InChI=1S/C17H15N3O3S/c18-17(21)12-5-7-14(8-6-12)24(22,23)20-11-13-9-10-19-16-4-2-1-3-15(13)16/h1-10,20H,11H2,(H2,18,21). The molecule has 1 amide bonds. The van der Waals surface area contributed by atoms with Crippen molar-refractivity contribution in [1.82, 2.24) is 9.71 Å². The van der Waals surface area contributed by atoms with Crippen LogP contribution in [0.1, 0.15) is 15.9 Å². The van der Waals surface area contributed by atoms with E-state index in [9.17, 15) is 13.2 Å². The summed E-state index contributed by atoms with van der Waals surface area (Å²) in [4.78, 5) is 15.4. The number of hydrogen-bond acceptors (Lipinski definition) is 4. The van der Waals surface area contributed by atoms with Gasteiger partial charge in [0.1, 0.15) is 0 Å². The Morgan fingerprint density at radius 2 is 1.75 bits per heavy atom. The average molecular weight is 341 g/mol. The predicted octanol–water partition coefficient (Wildman–Crippen LogP) is 1.81. The first-order valence-corrected chi connectivity index (χ1v) is 8.68. The van der Waals surface area contributed by atoms with Gasteiger partial charge >= 0.3 is 0 Å². The van der Waals surface area contributed by atoms with Gasteiger partial charge in [0.25, 0.3) is 0 Å². The van der Waals surface area contributed by atoms with E-state index in [-0.39, 0.29) is 17.0 Å². The molecule has 0 saturated heterocycles. The minimum atomic E-state index is -3.69. The Hall–Kier alpha value is -2.77. The van der Waals surface area contributed by atoms with Crippen molar-refractivity contribution in [3.8, 4) is 0 Å². The molecule has 0 aliphatic rings. The molecule has 2 aromatic carbocycles. The summed E-state index contributed by atoms with van der Waals surface area (Å²) in [7, 11) is -3.69. The summed E-state index contributed by atoms with van der Waals surface area (Å²) < 4.78 is 27.3. The van der Waals surface area contributed by atoms with Crippen LogP contribution in [0.3, 0.4) is 0 Å². The number of rotatable bonds is 5. The third-order valence-electron chi connectivity index (χ3n) is 3.64. The summed E-state index contributed by atoms with van der Waals surface area (Å²) in [6.07, 6.45) is 1.65. The van der Waals surface area contributed by atoms with Crippen LogP contribution in [0, 0.1) is 0 Å². The van der Waals surface area contributed by atoms with E-state index in [2.05, 4.69) is 9.71 Å². The van der Waals surface area contributed by atoms with E-state index < -0.39 is 15.9 Å². The number of sulfonamides is 1. The van der Waals surface area contributed by atoms with Crippen LogP contribution in [-0.2, 0) is 16.6 Å². The molecule has 7 heteroatoms. The molecule has 0 unspecified atom stereocenters. The monoisotopic (exact) mass is 341 g/mol. The molecule has 1 heterocycles. The van der Waals surface area contributed by atoms with Gasteiger partial charge in [-0.05, 0) is 42.0 Å². The SMILES string of the molecule is NC(=O)c1ccc(S(=O)(=O)NCc2ccnc3ccccc23)cc1. The Kier molecular flexibility index (Phi) is 4.28. The first kappa shape index (κ1) is 16.1. The van der Waals surface area contributed by atoms with Gasteiger partial charge in [0, 0.05) is 23.7 Å². The molecule has 0 spiro atoms. The molecular formula is C17H15N3O3S. The first-order chi connectivity index (χ1) is 11.5. The highest BCUT2D eigenvalue weighted by atomic mass is 32.2. The highest BCUT2D eigenvalue weighted by molar-refractivity contribution is 7.89. The van der Waals surface area contributed by atoms with E-state index in [0.29, 0.717) is 0 Å². The summed E-state index contributed by atoms with van der Waals surface area (Å²) in [6.45, 7) is 0.142. The lowest BCUT2D eigenvalue weighted by Gasteiger charge is -2.09. The number of aromatic nitrogens is 1. The van der Waals surface area contributed by atoms with Crippen molar-refractivity contribution in [2.45, 2.75) is 11.4 Å². The number of primary amides is 1. The van der Waals surface area contributed by atoms with Crippen LogP contribution in [0.25, 0.3) is 10.9 Å². The zero-order valence-electron chi connectivity index (χ0n) is 12.6. The molecule has 0 saturated carbocycles. The summed E-state index contributed by atoms with van der Waals surface area (Å²) in [5.74, 6) is -0.602. The molecule has 122 valence electrons. The van der Waals surface area contributed by atoms with E-state index in [1.807, 2.05) is 24.3 Å². The largest absolute Gasteiger partial charge is 0.366 e. The number of para-hydroxylation sites is 1. The van der Waals surface area contributed by atoms with Gasteiger partial charge in [-0.2, -0.15) is 0 Å². The van der Waals surface area contributed by atoms with Crippen LogP contribution < -0.4 is 10.5 Å². The highest BCUT2D eigenvalue weighted by Crippen LogP contribution is 2.17. The number of fused-ring (bicyclic) bond motifs is 1. The number of amides is 1. The topological polar surface area (TPSA) is 102 Å². The summed E-state index contributed by atoms with van der Waals surface area (Å²) in [6, 6.07) is 14.8. The molecule has 3 aromatic rings. The smallest absolute Gasteiger partial charge is 0.248 e. The molecule has 0 aliphatic heterocycles. The van der Waals surface area contributed by atoms with E-state index in [4.69, 9.17) is 5.73 Å². The molecule has 3 N–H and O–H groups in total. The molecule has 0 fully saturated rings. The Balaban J connectivity index is 1.83. The molecule has 0 aliphatic carbocycles. The lowest BCUT2D eigenvalue weighted by Crippen LogP contribution is -2.23. The van der Waals surface area contributed by atoms with Crippen LogP contribution in [-0.4, -0.2) is 19.3 Å². The fourth-order valence-corrected chi connectivity index (χ4v) is 3.37. The second kappa shape index (κ2) is 6.38. The normalized spacial score (nSPS) is 11.5. The van der Waals surface area contributed by atoms with Gasteiger partial charge in [-0.25, -0.2) is 13.1 Å². The van der Waals surface area contributed by atoms with Crippen LogP contribution in [0.4, 0.5) is 0 Å². The lowest BCUT2D eigenvalue weighted by molar-refractivity contribution is 0.1000. The third kappa shape index (κ3) is 3.27. The third-order valence-corrected chi connectivity index (χ3v) is 5.06. The number of carbonyl (C=O) groups is 1. The van der Waals surface area contributed by atoms with Crippen molar-refractivity contribution in [1.29, 1.82) is 0 Å². The number of nitrogens with one attached hydrogen (secondary N) is 1. The number of benzene rings is 2. The molecule has 24 heavy (non-hydrogen) atoms. The van der Waals surface area contributed by atoms with Gasteiger partial charge in [-0.15, -0.1) is 0 Å². The van der Waals surface area contributed by atoms with Crippen LogP contribution in [0.15, 0.2) is 65.7 Å². The molecular weight excluding hydrogens is 326 g/mol. The van der Waals surface area contributed by atoms with E-state index in [1.54, 1.807) is 12.3 Å². The number of nitrogens with zero attached hydrogens (tertiary/aromatic N) is 1. The van der Waals surface area contributed by atoms with Crippen LogP contribution >= 0.6 is 0 Å². The molecule has 0 atom stereocenters. The minimum absolute atomic E-state index is 0.0749. The van der Waals surface area contributed by atoms with E-state index in [1.165, 1.54) is 24.3 Å². The van der Waals surface area contributed by atoms with Gasteiger partial charge in [-0.3, -0.25) is 9.78 Å². The second-order valence-electron chi connectivity index (χ2n) is 5.20. The Morgan fingerprint density at radius 3 is 2.46 bits per heavy atom. The quantitative estimate of drug-likeness (QED) is 0.739. The van der Waals surface area contributed by atoms with E-state index in [0.717, 1.165) is 16.5 Å². The highest BCUT2D eigenvalue weighted by Gasteiger charge is 2.15. The summed E-state index contributed by atoms with van der Waals surface area (Å²) in [5, 5.41) is 0.895. The van der Waals surface area contributed by atoms with Crippen molar-refractivity contribution in [3.05, 3.63) is 71.9 Å². The van der Waals surface area contributed by atoms with Crippen molar-refractivity contribution >= 4 is 26.8 Å². The van der Waals surface area contributed by atoms with Crippen molar-refractivity contribution in [2.24, 2.45) is 5.73 Å².